The largest absolute Gasteiger partial charge is 0.496 e. The van der Waals surface area contributed by atoms with Gasteiger partial charge in [-0.1, -0.05) is 25.5 Å². The van der Waals surface area contributed by atoms with Gasteiger partial charge in [0, 0.05) is 24.6 Å². The van der Waals surface area contributed by atoms with E-state index in [1.165, 1.54) is 24.0 Å². The van der Waals surface area contributed by atoms with Crippen LogP contribution >= 0.6 is 0 Å². The van der Waals surface area contributed by atoms with Crippen molar-refractivity contribution in [3.8, 4) is 5.75 Å². The van der Waals surface area contributed by atoms with Gasteiger partial charge in [0.05, 0.1) is 7.11 Å². The molecule has 0 saturated heterocycles. The number of fused-ring (bicyclic) bond motifs is 1. The van der Waals surface area contributed by atoms with Crippen LogP contribution in [0, 0.1) is 0 Å². The lowest BCUT2D eigenvalue weighted by Crippen LogP contribution is -2.28. The fraction of sp³-hybridized carbons (Fsp3) is 0.538. The average Bonchev–Trinajstić information content (AvgIpc) is 2.29. The molecule has 0 bridgehead atoms. The summed E-state index contributed by atoms with van der Waals surface area (Å²) in [5, 5.41) is 3.47. The van der Waals surface area contributed by atoms with E-state index in [9.17, 15) is 0 Å². The first kappa shape index (κ1) is 10.5. The zero-order valence-electron chi connectivity index (χ0n) is 9.55. The highest BCUT2D eigenvalue weighted by Gasteiger charge is 2.22. The van der Waals surface area contributed by atoms with Gasteiger partial charge in [-0.25, -0.2) is 0 Å². The van der Waals surface area contributed by atoms with Crippen LogP contribution in [0.4, 0.5) is 0 Å². The fourth-order valence-corrected chi connectivity index (χ4v) is 2.46. The molecule has 2 rings (SSSR count). The molecule has 2 nitrogen and oxygen atoms in total. The van der Waals surface area contributed by atoms with E-state index in [1.54, 1.807) is 7.11 Å². The highest BCUT2D eigenvalue weighted by atomic mass is 16.5. The minimum Gasteiger partial charge on any atom is -0.496 e. The third kappa shape index (κ3) is 2.00. The van der Waals surface area contributed by atoms with Crippen molar-refractivity contribution in [1.82, 2.24) is 5.32 Å². The quantitative estimate of drug-likeness (QED) is 0.819. The molecule has 1 aromatic carbocycles. The molecule has 0 aliphatic carbocycles. The van der Waals surface area contributed by atoms with Gasteiger partial charge in [-0.05, 0) is 18.1 Å². The normalized spacial score (nSPS) is 19.7. The van der Waals surface area contributed by atoms with Crippen molar-refractivity contribution in [2.75, 3.05) is 13.7 Å². The van der Waals surface area contributed by atoms with Crippen LogP contribution in [0.15, 0.2) is 18.2 Å². The van der Waals surface area contributed by atoms with Gasteiger partial charge in [0.2, 0.25) is 0 Å². The van der Waals surface area contributed by atoms with Crippen LogP contribution in [0.25, 0.3) is 0 Å². The molecule has 0 amide bonds. The lowest BCUT2D eigenvalue weighted by Gasteiger charge is -2.27. The van der Waals surface area contributed by atoms with Crippen molar-refractivity contribution in [1.29, 1.82) is 0 Å². The standard InChI is InChI=1S/C13H19NO/c1-3-5-10-8-14-9-11-6-4-7-12(15-2)13(10)11/h4,6-7,10,14H,3,5,8-9H2,1-2H3. The second kappa shape index (κ2) is 4.67. The Balaban J connectivity index is 2.38. The number of hydrogen-bond acceptors (Lipinski definition) is 2. The highest BCUT2D eigenvalue weighted by Crippen LogP contribution is 2.34. The minimum atomic E-state index is 0.620. The predicted molar refractivity (Wildman–Crippen MR) is 62.3 cm³/mol. The van der Waals surface area contributed by atoms with Crippen LogP contribution in [-0.2, 0) is 6.54 Å². The zero-order valence-corrected chi connectivity index (χ0v) is 9.55. The van der Waals surface area contributed by atoms with E-state index in [-0.39, 0.29) is 0 Å². The van der Waals surface area contributed by atoms with E-state index in [0.717, 1.165) is 18.8 Å². The maximum atomic E-state index is 5.46. The molecule has 1 aliphatic heterocycles. The van der Waals surface area contributed by atoms with Crippen LogP contribution < -0.4 is 10.1 Å². The van der Waals surface area contributed by atoms with Crippen molar-refractivity contribution < 1.29 is 4.74 Å². The van der Waals surface area contributed by atoms with Gasteiger partial charge in [-0.2, -0.15) is 0 Å². The predicted octanol–water partition coefficient (Wildman–Crippen LogP) is 2.68. The highest BCUT2D eigenvalue weighted by molar-refractivity contribution is 5.44. The summed E-state index contributed by atoms with van der Waals surface area (Å²) in [7, 11) is 1.76. The van der Waals surface area contributed by atoms with Crippen LogP contribution in [0.5, 0.6) is 5.75 Å². The summed E-state index contributed by atoms with van der Waals surface area (Å²) >= 11 is 0. The Morgan fingerprint density at radius 3 is 3.07 bits per heavy atom. The van der Waals surface area contributed by atoms with Crippen molar-refractivity contribution in [3.05, 3.63) is 29.3 Å². The number of nitrogens with one attached hydrogen (secondary N) is 1. The molecule has 1 aliphatic rings. The lowest BCUT2D eigenvalue weighted by atomic mass is 9.87. The summed E-state index contributed by atoms with van der Waals surface area (Å²) in [6.07, 6.45) is 2.46. The molecular weight excluding hydrogens is 186 g/mol. The van der Waals surface area contributed by atoms with Gasteiger partial charge in [0.25, 0.3) is 0 Å². The van der Waals surface area contributed by atoms with E-state index in [1.807, 2.05) is 0 Å². The molecule has 0 saturated carbocycles. The number of hydrogen-bond donors (Lipinski definition) is 1. The Kier molecular flexibility index (Phi) is 3.27. The van der Waals surface area contributed by atoms with Crippen LogP contribution in [0.2, 0.25) is 0 Å². The molecule has 1 atom stereocenters. The SMILES string of the molecule is CCCC1CNCc2cccc(OC)c21. The monoisotopic (exact) mass is 205 g/mol. The Morgan fingerprint density at radius 1 is 1.47 bits per heavy atom. The van der Waals surface area contributed by atoms with Gasteiger partial charge in [0.1, 0.15) is 5.75 Å². The second-order valence-corrected chi connectivity index (χ2v) is 4.15. The van der Waals surface area contributed by atoms with Crippen molar-refractivity contribution in [2.24, 2.45) is 0 Å². The summed E-state index contributed by atoms with van der Waals surface area (Å²) in [5.74, 6) is 1.68. The third-order valence-corrected chi connectivity index (χ3v) is 3.13. The Bertz CT molecular complexity index is 321. The maximum Gasteiger partial charge on any atom is 0.122 e. The van der Waals surface area contributed by atoms with Crippen LogP contribution in [0.1, 0.15) is 36.8 Å². The first-order chi connectivity index (χ1) is 7.36. The Morgan fingerprint density at radius 2 is 2.33 bits per heavy atom. The molecule has 1 heterocycles. The molecule has 15 heavy (non-hydrogen) atoms. The number of benzene rings is 1. The van der Waals surface area contributed by atoms with Crippen molar-refractivity contribution in [2.45, 2.75) is 32.2 Å². The van der Waals surface area contributed by atoms with Gasteiger partial charge in [0.15, 0.2) is 0 Å². The molecule has 0 spiro atoms. The zero-order chi connectivity index (χ0) is 10.7. The van der Waals surface area contributed by atoms with Gasteiger partial charge >= 0.3 is 0 Å². The average molecular weight is 205 g/mol. The lowest BCUT2D eigenvalue weighted by molar-refractivity contribution is 0.394. The summed E-state index contributed by atoms with van der Waals surface area (Å²) in [4.78, 5) is 0. The van der Waals surface area contributed by atoms with Gasteiger partial charge < -0.3 is 10.1 Å². The molecule has 2 heteroatoms. The van der Waals surface area contributed by atoms with E-state index < -0.39 is 0 Å². The summed E-state index contributed by atoms with van der Waals surface area (Å²) in [6, 6.07) is 6.35. The molecule has 0 fully saturated rings. The second-order valence-electron chi connectivity index (χ2n) is 4.15. The Labute approximate surface area is 91.6 Å². The third-order valence-electron chi connectivity index (χ3n) is 3.13. The van der Waals surface area contributed by atoms with Gasteiger partial charge in [-0.3, -0.25) is 0 Å². The van der Waals surface area contributed by atoms with E-state index in [4.69, 9.17) is 4.74 Å². The molecule has 0 radical (unpaired) electrons. The number of rotatable bonds is 3. The Hall–Kier alpha value is -1.02. The topological polar surface area (TPSA) is 21.3 Å². The number of ether oxygens (including phenoxy) is 1. The first-order valence-corrected chi connectivity index (χ1v) is 5.73. The number of methoxy groups -OCH3 is 1. The molecule has 1 aromatic rings. The smallest absolute Gasteiger partial charge is 0.122 e. The molecule has 1 N–H and O–H groups in total. The molecule has 1 unspecified atom stereocenters. The van der Waals surface area contributed by atoms with Crippen molar-refractivity contribution in [3.63, 3.8) is 0 Å². The van der Waals surface area contributed by atoms with E-state index in [2.05, 4.69) is 30.4 Å². The maximum absolute atomic E-state index is 5.46. The summed E-state index contributed by atoms with van der Waals surface area (Å²) in [5.41, 5.74) is 2.83. The van der Waals surface area contributed by atoms with E-state index in [0.29, 0.717) is 5.92 Å². The van der Waals surface area contributed by atoms with E-state index >= 15 is 0 Å². The molecule has 82 valence electrons. The molecule has 0 aromatic heterocycles. The molecular formula is C13H19NO. The first-order valence-electron chi connectivity index (χ1n) is 5.73. The summed E-state index contributed by atoms with van der Waals surface area (Å²) in [6.45, 7) is 4.30. The summed E-state index contributed by atoms with van der Waals surface area (Å²) < 4.78 is 5.46. The fourth-order valence-electron chi connectivity index (χ4n) is 2.46. The van der Waals surface area contributed by atoms with Gasteiger partial charge in [-0.15, -0.1) is 0 Å². The minimum absolute atomic E-state index is 0.620. The van der Waals surface area contributed by atoms with Crippen molar-refractivity contribution >= 4 is 0 Å². The van der Waals surface area contributed by atoms with Crippen LogP contribution in [-0.4, -0.2) is 13.7 Å². The van der Waals surface area contributed by atoms with Crippen LogP contribution in [0.3, 0.4) is 0 Å².